The van der Waals surface area contributed by atoms with Gasteiger partial charge in [-0.05, 0) is 19.4 Å². The number of hydrogen-bond acceptors (Lipinski definition) is 5. The largest absolute Gasteiger partial charge is 0.385 e. The van der Waals surface area contributed by atoms with Gasteiger partial charge in [-0.25, -0.2) is 0 Å². The van der Waals surface area contributed by atoms with Gasteiger partial charge < -0.3 is 14.8 Å². The molecular weight excluding hydrogens is 248 g/mol. The number of aryl methyl sites for hydroxylation is 1. The molecule has 0 saturated carbocycles. The highest BCUT2D eigenvalue weighted by Gasteiger charge is 2.10. The van der Waals surface area contributed by atoms with Gasteiger partial charge in [0.1, 0.15) is 0 Å². The summed E-state index contributed by atoms with van der Waals surface area (Å²) in [4.78, 5) is 10.4. The van der Waals surface area contributed by atoms with E-state index in [9.17, 15) is 10.1 Å². The van der Waals surface area contributed by atoms with Gasteiger partial charge in [0.15, 0.2) is 0 Å². The van der Waals surface area contributed by atoms with E-state index in [-0.39, 0.29) is 10.6 Å². The first-order valence-corrected chi connectivity index (χ1v) is 6.20. The van der Waals surface area contributed by atoms with Crippen LogP contribution in [0.4, 0.5) is 11.4 Å². The summed E-state index contributed by atoms with van der Waals surface area (Å²) < 4.78 is 10.2. The first-order chi connectivity index (χ1) is 9.15. The lowest BCUT2D eigenvalue weighted by atomic mass is 10.2. The molecule has 0 aliphatic heterocycles. The third-order valence-corrected chi connectivity index (χ3v) is 2.63. The Kier molecular flexibility index (Phi) is 6.84. The second-order valence-electron chi connectivity index (χ2n) is 4.14. The van der Waals surface area contributed by atoms with Gasteiger partial charge in [0.2, 0.25) is 0 Å². The van der Waals surface area contributed by atoms with Gasteiger partial charge >= 0.3 is 0 Å². The Bertz CT molecular complexity index is 410. The van der Waals surface area contributed by atoms with E-state index in [0.717, 1.165) is 12.1 Å². The van der Waals surface area contributed by atoms with Crippen molar-refractivity contribution in [2.75, 3.05) is 38.8 Å². The Morgan fingerprint density at radius 1 is 1.32 bits per heavy atom. The van der Waals surface area contributed by atoms with Gasteiger partial charge in [0.05, 0.1) is 18.1 Å². The normalized spacial score (nSPS) is 10.4. The number of nitrogens with zero attached hydrogens (tertiary/aromatic N) is 1. The van der Waals surface area contributed by atoms with Crippen molar-refractivity contribution in [1.29, 1.82) is 0 Å². The predicted octanol–water partition coefficient (Wildman–Crippen LogP) is 2.37. The molecule has 0 atom stereocenters. The summed E-state index contributed by atoms with van der Waals surface area (Å²) in [6.45, 7) is 4.27. The number of ether oxygens (including phenoxy) is 2. The number of hydrogen-bond donors (Lipinski definition) is 1. The highest BCUT2D eigenvalue weighted by Crippen LogP contribution is 2.22. The summed E-state index contributed by atoms with van der Waals surface area (Å²) in [5, 5.41) is 13.9. The quantitative estimate of drug-likeness (QED) is 0.423. The molecule has 0 amide bonds. The van der Waals surface area contributed by atoms with E-state index in [1.807, 2.05) is 6.07 Å². The van der Waals surface area contributed by atoms with Gasteiger partial charge in [-0.3, -0.25) is 10.1 Å². The first kappa shape index (κ1) is 15.4. The van der Waals surface area contributed by atoms with Crippen LogP contribution in [0.1, 0.15) is 12.0 Å². The van der Waals surface area contributed by atoms with E-state index in [4.69, 9.17) is 9.47 Å². The van der Waals surface area contributed by atoms with Gasteiger partial charge in [0, 0.05) is 37.6 Å². The molecule has 0 fully saturated rings. The van der Waals surface area contributed by atoms with Gasteiger partial charge in [-0.2, -0.15) is 0 Å². The fourth-order valence-electron chi connectivity index (χ4n) is 1.57. The fourth-order valence-corrected chi connectivity index (χ4v) is 1.57. The minimum Gasteiger partial charge on any atom is -0.385 e. The standard InChI is InChI=1S/C13H20N2O4/c1-11-4-5-12(10-13(11)15(16)17)14-6-3-7-19-9-8-18-2/h4-5,10,14H,3,6-9H2,1-2H3. The van der Waals surface area contributed by atoms with Crippen LogP contribution >= 0.6 is 0 Å². The number of rotatable bonds is 9. The Balaban J connectivity index is 2.30. The fraction of sp³-hybridized carbons (Fsp3) is 0.538. The monoisotopic (exact) mass is 268 g/mol. The van der Waals surface area contributed by atoms with Crippen LogP contribution in [-0.2, 0) is 9.47 Å². The number of nitrogens with one attached hydrogen (secondary N) is 1. The van der Waals surface area contributed by atoms with Gasteiger partial charge in [-0.15, -0.1) is 0 Å². The molecule has 0 heterocycles. The molecule has 0 bridgehead atoms. The lowest BCUT2D eigenvalue weighted by Crippen LogP contribution is -2.08. The van der Waals surface area contributed by atoms with E-state index in [2.05, 4.69) is 5.32 Å². The van der Waals surface area contributed by atoms with E-state index in [1.165, 1.54) is 0 Å². The average molecular weight is 268 g/mol. The first-order valence-electron chi connectivity index (χ1n) is 6.20. The second-order valence-corrected chi connectivity index (χ2v) is 4.14. The molecule has 106 valence electrons. The minimum absolute atomic E-state index is 0.140. The summed E-state index contributed by atoms with van der Waals surface area (Å²) in [6, 6.07) is 5.14. The van der Waals surface area contributed by atoms with E-state index < -0.39 is 0 Å². The molecule has 0 radical (unpaired) electrons. The van der Waals surface area contributed by atoms with Crippen LogP contribution in [0.15, 0.2) is 18.2 Å². The molecule has 1 aromatic carbocycles. The highest BCUT2D eigenvalue weighted by atomic mass is 16.6. The molecule has 0 aliphatic rings. The molecule has 0 saturated heterocycles. The molecule has 0 aromatic heterocycles. The zero-order valence-corrected chi connectivity index (χ0v) is 11.3. The van der Waals surface area contributed by atoms with Crippen molar-refractivity contribution in [3.8, 4) is 0 Å². The van der Waals surface area contributed by atoms with Gasteiger partial charge in [-0.1, -0.05) is 6.07 Å². The molecule has 6 heteroatoms. The Labute approximate surface area is 112 Å². The number of methoxy groups -OCH3 is 1. The number of nitro benzene ring substituents is 1. The van der Waals surface area contributed by atoms with Crippen molar-refractivity contribution in [2.45, 2.75) is 13.3 Å². The molecule has 0 aliphatic carbocycles. The van der Waals surface area contributed by atoms with Crippen LogP contribution in [0.3, 0.4) is 0 Å². The average Bonchev–Trinajstić information content (AvgIpc) is 2.39. The zero-order valence-electron chi connectivity index (χ0n) is 11.3. The van der Waals surface area contributed by atoms with Crippen LogP contribution in [0.2, 0.25) is 0 Å². The highest BCUT2D eigenvalue weighted by molar-refractivity contribution is 5.54. The lowest BCUT2D eigenvalue weighted by molar-refractivity contribution is -0.385. The predicted molar refractivity (Wildman–Crippen MR) is 73.6 cm³/mol. The van der Waals surface area contributed by atoms with Crippen molar-refractivity contribution in [3.05, 3.63) is 33.9 Å². The minimum atomic E-state index is -0.367. The van der Waals surface area contributed by atoms with Gasteiger partial charge in [0.25, 0.3) is 5.69 Å². The SMILES string of the molecule is COCCOCCCNc1ccc(C)c([N+](=O)[O-])c1. The summed E-state index contributed by atoms with van der Waals surface area (Å²) in [6.07, 6.45) is 0.839. The number of anilines is 1. The molecular formula is C13H20N2O4. The summed E-state index contributed by atoms with van der Waals surface area (Å²) >= 11 is 0. The van der Waals surface area contributed by atoms with Crippen molar-refractivity contribution < 1.29 is 14.4 Å². The maximum absolute atomic E-state index is 10.8. The van der Waals surface area contributed by atoms with Crippen molar-refractivity contribution in [3.63, 3.8) is 0 Å². The van der Waals surface area contributed by atoms with Crippen LogP contribution in [0, 0.1) is 17.0 Å². The second kappa shape index (κ2) is 8.44. The number of benzene rings is 1. The van der Waals surface area contributed by atoms with Crippen molar-refractivity contribution >= 4 is 11.4 Å². The maximum atomic E-state index is 10.8. The molecule has 1 N–H and O–H groups in total. The molecule has 1 rings (SSSR count). The van der Waals surface area contributed by atoms with Crippen molar-refractivity contribution in [1.82, 2.24) is 0 Å². The number of nitro groups is 1. The Hall–Kier alpha value is -1.66. The van der Waals surface area contributed by atoms with Crippen LogP contribution in [-0.4, -0.2) is 38.4 Å². The molecule has 6 nitrogen and oxygen atoms in total. The third kappa shape index (κ3) is 5.67. The topological polar surface area (TPSA) is 73.6 Å². The molecule has 0 spiro atoms. The Morgan fingerprint density at radius 3 is 2.79 bits per heavy atom. The summed E-state index contributed by atoms with van der Waals surface area (Å²) in [7, 11) is 1.63. The maximum Gasteiger partial charge on any atom is 0.274 e. The summed E-state index contributed by atoms with van der Waals surface area (Å²) in [5.41, 5.74) is 1.56. The zero-order chi connectivity index (χ0) is 14.1. The van der Waals surface area contributed by atoms with E-state index in [0.29, 0.717) is 31.9 Å². The molecule has 19 heavy (non-hydrogen) atoms. The van der Waals surface area contributed by atoms with Crippen LogP contribution in [0.25, 0.3) is 0 Å². The van der Waals surface area contributed by atoms with Crippen LogP contribution in [0.5, 0.6) is 0 Å². The van der Waals surface area contributed by atoms with E-state index >= 15 is 0 Å². The lowest BCUT2D eigenvalue weighted by Gasteiger charge is -2.07. The van der Waals surface area contributed by atoms with Crippen molar-refractivity contribution in [2.24, 2.45) is 0 Å². The Morgan fingerprint density at radius 2 is 2.11 bits per heavy atom. The van der Waals surface area contributed by atoms with Crippen LogP contribution < -0.4 is 5.32 Å². The smallest absolute Gasteiger partial charge is 0.274 e. The molecule has 0 unspecified atom stereocenters. The third-order valence-electron chi connectivity index (χ3n) is 2.63. The summed E-state index contributed by atoms with van der Waals surface area (Å²) in [5.74, 6) is 0. The van der Waals surface area contributed by atoms with E-state index in [1.54, 1.807) is 26.2 Å². The molecule has 1 aromatic rings.